The Labute approximate surface area is 97.2 Å². The fourth-order valence-corrected chi connectivity index (χ4v) is 1.23. The molecule has 0 atom stereocenters. The van der Waals surface area contributed by atoms with E-state index in [1.807, 2.05) is 20.8 Å². The van der Waals surface area contributed by atoms with Crippen LogP contribution >= 0.6 is 15.9 Å². The van der Waals surface area contributed by atoms with Crippen LogP contribution in [0.2, 0.25) is 0 Å². The van der Waals surface area contributed by atoms with Gasteiger partial charge in [0.15, 0.2) is 5.75 Å². The Hall–Kier alpha value is -1.10. The van der Waals surface area contributed by atoms with E-state index < -0.39 is 6.09 Å². The van der Waals surface area contributed by atoms with E-state index >= 15 is 0 Å². The maximum atomic E-state index is 11.4. The van der Waals surface area contributed by atoms with Gasteiger partial charge < -0.3 is 10.1 Å². The highest BCUT2D eigenvalue weighted by Crippen LogP contribution is 2.16. The lowest BCUT2D eigenvalue weighted by molar-refractivity contribution is 0.190. The van der Waals surface area contributed by atoms with E-state index in [2.05, 4.69) is 26.2 Å². The molecule has 1 aromatic rings. The van der Waals surface area contributed by atoms with Gasteiger partial charge in [-0.25, -0.2) is 4.79 Å². The van der Waals surface area contributed by atoms with Crippen molar-refractivity contribution < 1.29 is 9.53 Å². The normalized spacial score (nSPS) is 10.9. The Bertz CT molecular complexity index is 361. The number of carbonyl (C=O) groups is 1. The number of hydrogen-bond donors (Lipinski definition) is 1. The number of halogens is 1. The summed E-state index contributed by atoms with van der Waals surface area (Å²) in [6.07, 6.45) is 2.61. The van der Waals surface area contributed by atoms with E-state index in [1.54, 1.807) is 12.3 Å². The molecule has 0 aliphatic heterocycles. The van der Waals surface area contributed by atoms with Gasteiger partial charge in [0, 0.05) is 16.2 Å². The largest absolute Gasteiger partial charge is 0.413 e. The van der Waals surface area contributed by atoms with Crippen molar-refractivity contribution in [3.05, 3.63) is 22.9 Å². The molecule has 1 aromatic heterocycles. The van der Waals surface area contributed by atoms with Crippen molar-refractivity contribution in [3.63, 3.8) is 0 Å². The van der Waals surface area contributed by atoms with Crippen LogP contribution in [0.5, 0.6) is 5.75 Å². The summed E-state index contributed by atoms with van der Waals surface area (Å²) in [7, 11) is 0. The predicted molar refractivity (Wildman–Crippen MR) is 60.8 cm³/mol. The minimum Gasteiger partial charge on any atom is -0.409 e. The number of hydrogen-bond acceptors (Lipinski definition) is 3. The van der Waals surface area contributed by atoms with Gasteiger partial charge in [-0.3, -0.25) is 4.98 Å². The summed E-state index contributed by atoms with van der Waals surface area (Å²) in [5, 5.41) is 2.68. The molecule has 0 spiro atoms. The van der Waals surface area contributed by atoms with Crippen molar-refractivity contribution in [1.82, 2.24) is 10.3 Å². The van der Waals surface area contributed by atoms with Gasteiger partial charge in [0.1, 0.15) is 0 Å². The maximum Gasteiger partial charge on any atom is 0.413 e. The van der Waals surface area contributed by atoms with E-state index in [0.717, 1.165) is 4.47 Å². The summed E-state index contributed by atoms with van der Waals surface area (Å²) in [5.41, 5.74) is -0.309. The van der Waals surface area contributed by atoms with Crippen LogP contribution in [0.4, 0.5) is 4.79 Å². The van der Waals surface area contributed by atoms with Gasteiger partial charge in [-0.2, -0.15) is 0 Å². The number of amides is 1. The third-order valence-corrected chi connectivity index (χ3v) is 1.80. The fraction of sp³-hybridized carbons (Fsp3) is 0.400. The molecule has 1 N–H and O–H groups in total. The van der Waals surface area contributed by atoms with Crippen LogP contribution in [0.15, 0.2) is 22.9 Å². The predicted octanol–water partition coefficient (Wildman–Crippen LogP) is 2.73. The van der Waals surface area contributed by atoms with Gasteiger partial charge in [-0.15, -0.1) is 0 Å². The Kier molecular flexibility index (Phi) is 3.68. The molecular formula is C10H13BrN2O2. The van der Waals surface area contributed by atoms with Gasteiger partial charge in [-0.05, 0) is 42.8 Å². The molecule has 0 saturated heterocycles. The van der Waals surface area contributed by atoms with Crippen LogP contribution in [0.3, 0.4) is 0 Å². The number of nitrogens with zero attached hydrogens (tertiary/aromatic N) is 1. The third kappa shape index (κ3) is 4.78. The Morgan fingerprint density at radius 1 is 1.47 bits per heavy atom. The van der Waals surface area contributed by atoms with E-state index in [-0.39, 0.29) is 5.54 Å². The number of rotatable bonds is 1. The summed E-state index contributed by atoms with van der Waals surface area (Å²) in [6, 6.07) is 1.68. The topological polar surface area (TPSA) is 51.2 Å². The van der Waals surface area contributed by atoms with Crippen molar-refractivity contribution in [3.8, 4) is 5.75 Å². The van der Waals surface area contributed by atoms with Gasteiger partial charge in [0.2, 0.25) is 0 Å². The summed E-state index contributed by atoms with van der Waals surface area (Å²) in [5.74, 6) is 0.408. The quantitative estimate of drug-likeness (QED) is 0.855. The second-order valence-electron chi connectivity index (χ2n) is 4.10. The Morgan fingerprint density at radius 2 is 2.13 bits per heavy atom. The zero-order valence-corrected chi connectivity index (χ0v) is 10.5. The number of carbonyl (C=O) groups excluding carboxylic acids is 1. The molecule has 5 heteroatoms. The van der Waals surface area contributed by atoms with Crippen LogP contribution in [-0.2, 0) is 0 Å². The molecule has 0 saturated carbocycles. The van der Waals surface area contributed by atoms with Crippen molar-refractivity contribution >= 4 is 22.0 Å². The first-order chi connectivity index (χ1) is 6.87. The van der Waals surface area contributed by atoms with Gasteiger partial charge >= 0.3 is 6.09 Å². The molecule has 0 unspecified atom stereocenters. The van der Waals surface area contributed by atoms with Crippen LogP contribution < -0.4 is 10.1 Å². The number of nitrogens with one attached hydrogen (secondary N) is 1. The number of aromatic nitrogens is 1. The summed E-state index contributed by atoms with van der Waals surface area (Å²) in [6.45, 7) is 5.65. The Morgan fingerprint density at radius 3 is 2.67 bits per heavy atom. The second-order valence-corrected chi connectivity index (χ2v) is 5.02. The molecule has 0 bridgehead atoms. The monoisotopic (exact) mass is 272 g/mol. The molecule has 0 aliphatic carbocycles. The first kappa shape index (κ1) is 12.0. The minimum atomic E-state index is -0.484. The Balaban J connectivity index is 2.59. The molecule has 1 heterocycles. The summed E-state index contributed by atoms with van der Waals surface area (Å²) < 4.78 is 5.80. The highest BCUT2D eigenvalue weighted by Gasteiger charge is 2.15. The lowest BCUT2D eigenvalue weighted by Gasteiger charge is -2.19. The standard InChI is InChI=1S/C10H13BrN2O2/c1-10(2,3)13-9(14)15-8-4-7(11)5-12-6-8/h4-6H,1-3H3,(H,13,14). The second kappa shape index (κ2) is 4.61. The zero-order chi connectivity index (χ0) is 11.5. The highest BCUT2D eigenvalue weighted by atomic mass is 79.9. The molecule has 0 aliphatic rings. The molecule has 0 radical (unpaired) electrons. The first-order valence-corrected chi connectivity index (χ1v) is 5.27. The summed E-state index contributed by atoms with van der Waals surface area (Å²) >= 11 is 3.24. The van der Waals surface area contributed by atoms with Crippen LogP contribution in [-0.4, -0.2) is 16.6 Å². The van der Waals surface area contributed by atoms with Gasteiger partial charge in [0.25, 0.3) is 0 Å². The molecule has 4 nitrogen and oxygen atoms in total. The SMILES string of the molecule is CC(C)(C)NC(=O)Oc1cncc(Br)c1. The third-order valence-electron chi connectivity index (χ3n) is 1.37. The van der Waals surface area contributed by atoms with Crippen LogP contribution in [0.1, 0.15) is 20.8 Å². The number of ether oxygens (including phenoxy) is 1. The lowest BCUT2D eigenvalue weighted by atomic mass is 10.1. The molecular weight excluding hydrogens is 260 g/mol. The fourth-order valence-electron chi connectivity index (χ4n) is 0.887. The van der Waals surface area contributed by atoms with Crippen molar-refractivity contribution in [1.29, 1.82) is 0 Å². The van der Waals surface area contributed by atoms with Crippen LogP contribution in [0.25, 0.3) is 0 Å². The van der Waals surface area contributed by atoms with Gasteiger partial charge in [-0.1, -0.05) is 0 Å². The molecule has 0 fully saturated rings. The smallest absolute Gasteiger partial charge is 0.409 e. The molecule has 1 amide bonds. The average molecular weight is 273 g/mol. The van der Waals surface area contributed by atoms with Crippen LogP contribution in [0, 0.1) is 0 Å². The zero-order valence-electron chi connectivity index (χ0n) is 8.87. The summed E-state index contributed by atoms with van der Waals surface area (Å²) in [4.78, 5) is 15.2. The van der Waals surface area contributed by atoms with E-state index in [1.165, 1.54) is 6.20 Å². The highest BCUT2D eigenvalue weighted by molar-refractivity contribution is 9.10. The van der Waals surface area contributed by atoms with Crippen molar-refractivity contribution in [2.24, 2.45) is 0 Å². The van der Waals surface area contributed by atoms with E-state index in [9.17, 15) is 4.79 Å². The molecule has 0 aromatic carbocycles. The average Bonchev–Trinajstić information content (AvgIpc) is 1.99. The van der Waals surface area contributed by atoms with E-state index in [4.69, 9.17) is 4.74 Å². The first-order valence-electron chi connectivity index (χ1n) is 4.47. The van der Waals surface area contributed by atoms with Crippen molar-refractivity contribution in [2.75, 3.05) is 0 Å². The van der Waals surface area contributed by atoms with Crippen molar-refractivity contribution in [2.45, 2.75) is 26.3 Å². The molecule has 15 heavy (non-hydrogen) atoms. The molecule has 1 rings (SSSR count). The molecule has 82 valence electrons. The van der Waals surface area contributed by atoms with Gasteiger partial charge in [0.05, 0.1) is 6.20 Å². The van der Waals surface area contributed by atoms with E-state index in [0.29, 0.717) is 5.75 Å². The minimum absolute atomic E-state index is 0.309. The maximum absolute atomic E-state index is 11.4. The number of pyridine rings is 1. The lowest BCUT2D eigenvalue weighted by Crippen LogP contribution is -2.42.